The number of carbonyl (C=O) groups is 1. The highest BCUT2D eigenvalue weighted by Gasteiger charge is 2.27. The summed E-state index contributed by atoms with van der Waals surface area (Å²) in [7, 11) is 0. The van der Waals surface area contributed by atoms with Crippen LogP contribution in [0.1, 0.15) is 93.8 Å². The van der Waals surface area contributed by atoms with Gasteiger partial charge in [0.2, 0.25) is 0 Å². The maximum absolute atomic E-state index is 13.4. The zero-order valence-corrected chi connectivity index (χ0v) is 19.7. The molecular weight excluding hydrogens is 388 g/mol. The third kappa shape index (κ3) is 5.25. The number of likely N-dealkylation sites (tertiary alicyclic amines) is 1. The van der Waals surface area contributed by atoms with E-state index in [1.54, 1.807) is 0 Å². The molecule has 4 rings (SSSR count). The molecule has 0 spiro atoms. The van der Waals surface area contributed by atoms with E-state index in [1.165, 1.54) is 38.5 Å². The lowest BCUT2D eigenvalue weighted by atomic mass is 9.95. The van der Waals surface area contributed by atoms with Gasteiger partial charge in [-0.05, 0) is 78.6 Å². The van der Waals surface area contributed by atoms with Crippen molar-refractivity contribution in [3.05, 3.63) is 29.0 Å². The van der Waals surface area contributed by atoms with Gasteiger partial charge < -0.3 is 14.5 Å². The number of rotatable bonds is 5. The second-order valence-electron chi connectivity index (χ2n) is 10.3. The molecule has 0 atom stereocenters. The number of carbonyl (C=O) groups excluding carboxylic acids is 1. The Kier molecular flexibility index (Phi) is 6.61. The van der Waals surface area contributed by atoms with Gasteiger partial charge in [-0.1, -0.05) is 25.7 Å². The van der Waals surface area contributed by atoms with E-state index in [9.17, 15) is 4.79 Å². The summed E-state index contributed by atoms with van der Waals surface area (Å²) >= 11 is 0. The van der Waals surface area contributed by atoms with Crippen LogP contribution in [0.3, 0.4) is 0 Å². The number of piperidine rings is 1. The molecule has 1 aromatic carbocycles. The molecule has 31 heavy (non-hydrogen) atoms. The molecule has 5 heteroatoms. The lowest BCUT2D eigenvalue weighted by Gasteiger charge is -2.29. The first-order valence-electron chi connectivity index (χ1n) is 12.1. The Bertz CT molecular complexity index is 913. The van der Waals surface area contributed by atoms with Crippen LogP contribution in [-0.4, -0.2) is 35.5 Å². The Labute approximate surface area is 186 Å². The minimum absolute atomic E-state index is 0.00375. The molecule has 0 unspecified atom stereocenters. The smallest absolute Gasteiger partial charge is 0.255 e. The third-order valence-corrected chi connectivity index (χ3v) is 6.51. The molecule has 1 aliphatic carbocycles. The molecule has 2 aromatic rings. The number of nitrogens with zero attached hydrogens (tertiary/aromatic N) is 1. The molecule has 1 N–H and O–H groups in total. The summed E-state index contributed by atoms with van der Waals surface area (Å²) in [5.74, 6) is 1.55. The number of fused-ring (bicyclic) bond motifs is 1. The van der Waals surface area contributed by atoms with Crippen LogP contribution < -0.4 is 10.1 Å². The molecule has 2 aliphatic rings. The molecule has 1 saturated heterocycles. The monoisotopic (exact) mass is 426 g/mol. The van der Waals surface area contributed by atoms with Gasteiger partial charge in [-0.25, -0.2) is 0 Å². The average molecular weight is 427 g/mol. The summed E-state index contributed by atoms with van der Waals surface area (Å²) in [6, 6.07) is 4.24. The number of nitrogens with one attached hydrogen (secondary N) is 1. The number of hydrogen-bond acceptors (Lipinski definition) is 4. The second kappa shape index (κ2) is 9.23. The van der Waals surface area contributed by atoms with Crippen molar-refractivity contribution in [1.82, 2.24) is 10.2 Å². The van der Waals surface area contributed by atoms with Gasteiger partial charge in [-0.2, -0.15) is 0 Å². The normalized spacial score (nSPS) is 19.0. The van der Waals surface area contributed by atoms with Gasteiger partial charge in [0.15, 0.2) is 0 Å². The van der Waals surface area contributed by atoms with Crippen LogP contribution in [-0.2, 0) is 6.54 Å². The van der Waals surface area contributed by atoms with Crippen LogP contribution in [0.25, 0.3) is 11.0 Å². The topological polar surface area (TPSA) is 54.7 Å². The number of hydrogen-bond donors (Lipinski definition) is 1. The number of aryl methyl sites for hydroxylation is 1. The first-order chi connectivity index (χ1) is 14.8. The van der Waals surface area contributed by atoms with Gasteiger partial charge >= 0.3 is 0 Å². The van der Waals surface area contributed by atoms with E-state index in [-0.39, 0.29) is 17.6 Å². The van der Waals surface area contributed by atoms with E-state index >= 15 is 0 Å². The van der Waals surface area contributed by atoms with Crippen molar-refractivity contribution >= 4 is 16.9 Å². The van der Waals surface area contributed by atoms with Crippen LogP contribution in [0.4, 0.5) is 0 Å². The lowest BCUT2D eigenvalue weighted by Crippen LogP contribution is -2.36. The van der Waals surface area contributed by atoms with E-state index in [4.69, 9.17) is 9.15 Å². The Hall–Kier alpha value is -2.01. The molecule has 0 bridgehead atoms. The lowest BCUT2D eigenvalue weighted by molar-refractivity contribution is 0.0927. The molecule has 2 heterocycles. The van der Waals surface area contributed by atoms with E-state index in [1.807, 2.05) is 19.1 Å². The van der Waals surface area contributed by atoms with Crippen molar-refractivity contribution in [2.75, 3.05) is 13.1 Å². The third-order valence-electron chi connectivity index (χ3n) is 6.51. The molecule has 1 aromatic heterocycles. The van der Waals surface area contributed by atoms with Crippen LogP contribution in [0, 0.1) is 6.92 Å². The average Bonchev–Trinajstić information content (AvgIpc) is 3.06. The number of amides is 1. The predicted molar refractivity (Wildman–Crippen MR) is 125 cm³/mol. The van der Waals surface area contributed by atoms with Crippen LogP contribution in [0.15, 0.2) is 16.5 Å². The minimum Gasteiger partial charge on any atom is -0.488 e. The summed E-state index contributed by atoms with van der Waals surface area (Å²) in [5.41, 5.74) is 2.24. The van der Waals surface area contributed by atoms with Crippen molar-refractivity contribution in [3.8, 4) is 5.75 Å². The summed E-state index contributed by atoms with van der Waals surface area (Å²) < 4.78 is 12.5. The van der Waals surface area contributed by atoms with E-state index in [2.05, 4.69) is 31.0 Å². The Balaban J connectivity index is 1.75. The van der Waals surface area contributed by atoms with E-state index in [0.29, 0.717) is 11.3 Å². The number of benzene rings is 1. The molecule has 1 saturated carbocycles. The first kappa shape index (κ1) is 22.2. The fourth-order valence-corrected chi connectivity index (χ4v) is 5.06. The molecular formula is C26H38N2O3. The maximum Gasteiger partial charge on any atom is 0.255 e. The number of ether oxygens (including phenoxy) is 1. The molecule has 5 nitrogen and oxygen atoms in total. The van der Waals surface area contributed by atoms with Crippen molar-refractivity contribution in [1.29, 1.82) is 0 Å². The molecule has 1 amide bonds. The Morgan fingerprint density at radius 3 is 2.45 bits per heavy atom. The molecule has 2 fully saturated rings. The molecule has 1 aliphatic heterocycles. The minimum atomic E-state index is -0.312. The highest BCUT2D eigenvalue weighted by atomic mass is 16.5. The highest BCUT2D eigenvalue weighted by Crippen LogP contribution is 2.37. The summed E-state index contributed by atoms with van der Waals surface area (Å²) in [4.78, 5) is 15.9. The van der Waals surface area contributed by atoms with Gasteiger partial charge in [-0.15, -0.1) is 0 Å². The zero-order valence-electron chi connectivity index (χ0n) is 19.7. The standard InChI is InChI=1S/C26H38N2O3/c1-18-23(25(29)27-19-11-7-5-8-12-19)24-20(17-28-15-9-6-10-16-28)21(31-26(2,3)4)13-14-22(24)30-18/h13-14,19H,5-12,15-17H2,1-4H3,(H,27,29). The van der Waals surface area contributed by atoms with Crippen molar-refractivity contribution in [2.24, 2.45) is 0 Å². The zero-order chi connectivity index (χ0) is 22.0. The summed E-state index contributed by atoms with van der Waals surface area (Å²) in [6.07, 6.45) is 9.55. The van der Waals surface area contributed by atoms with Gasteiger partial charge in [0.25, 0.3) is 5.91 Å². The quantitative estimate of drug-likeness (QED) is 0.640. The predicted octanol–water partition coefficient (Wildman–Crippen LogP) is 5.97. The van der Waals surface area contributed by atoms with Gasteiger partial charge in [0.1, 0.15) is 22.7 Å². The Morgan fingerprint density at radius 2 is 1.77 bits per heavy atom. The van der Waals surface area contributed by atoms with Crippen molar-refractivity contribution in [3.63, 3.8) is 0 Å². The van der Waals surface area contributed by atoms with Gasteiger partial charge in [-0.3, -0.25) is 9.69 Å². The van der Waals surface area contributed by atoms with Crippen LogP contribution in [0.5, 0.6) is 5.75 Å². The number of furan rings is 1. The summed E-state index contributed by atoms with van der Waals surface area (Å²) in [6.45, 7) is 11.1. The van der Waals surface area contributed by atoms with Gasteiger partial charge in [0.05, 0.1) is 5.56 Å². The van der Waals surface area contributed by atoms with Crippen molar-refractivity contribution in [2.45, 2.75) is 97.2 Å². The Morgan fingerprint density at radius 1 is 1.10 bits per heavy atom. The highest BCUT2D eigenvalue weighted by molar-refractivity contribution is 6.09. The van der Waals surface area contributed by atoms with Crippen LogP contribution >= 0.6 is 0 Å². The molecule has 0 radical (unpaired) electrons. The second-order valence-corrected chi connectivity index (χ2v) is 10.3. The molecule has 170 valence electrons. The van der Waals surface area contributed by atoms with Crippen LogP contribution in [0.2, 0.25) is 0 Å². The first-order valence-corrected chi connectivity index (χ1v) is 12.1. The maximum atomic E-state index is 13.4. The van der Waals surface area contributed by atoms with E-state index < -0.39 is 0 Å². The SMILES string of the molecule is Cc1oc2ccc(OC(C)(C)C)c(CN3CCCCC3)c2c1C(=O)NC1CCCCC1. The fourth-order valence-electron chi connectivity index (χ4n) is 5.06. The largest absolute Gasteiger partial charge is 0.488 e. The van der Waals surface area contributed by atoms with Crippen molar-refractivity contribution < 1.29 is 13.9 Å². The van der Waals surface area contributed by atoms with E-state index in [0.717, 1.165) is 54.8 Å². The summed E-state index contributed by atoms with van der Waals surface area (Å²) in [5, 5.41) is 4.23. The fraction of sp³-hybridized carbons (Fsp3) is 0.654. The van der Waals surface area contributed by atoms with Gasteiger partial charge in [0, 0.05) is 23.5 Å².